The predicted octanol–water partition coefficient (Wildman–Crippen LogP) is 2.73. The fourth-order valence-electron chi connectivity index (χ4n) is 3.10. The molecule has 0 amide bonds. The van der Waals surface area contributed by atoms with E-state index in [9.17, 15) is 5.11 Å². The normalized spacial score (nSPS) is 20.7. The molecule has 1 aliphatic rings. The van der Waals surface area contributed by atoms with Gasteiger partial charge in [-0.05, 0) is 48.4 Å². The van der Waals surface area contributed by atoms with E-state index in [4.69, 9.17) is 26.2 Å². The lowest BCUT2D eigenvalue weighted by Gasteiger charge is -2.36. The average molecular weight is 378 g/mol. The van der Waals surface area contributed by atoms with Crippen LogP contribution in [0.1, 0.15) is 12.0 Å². The van der Waals surface area contributed by atoms with Crippen molar-refractivity contribution in [3.8, 4) is 11.5 Å². The number of piperidine rings is 1. The fraction of sp³-hybridized carbons (Fsp3) is 0.400. The van der Waals surface area contributed by atoms with E-state index < -0.39 is 6.10 Å². The van der Waals surface area contributed by atoms with Crippen LogP contribution in [-0.2, 0) is 6.54 Å². The van der Waals surface area contributed by atoms with Crippen molar-refractivity contribution in [2.24, 2.45) is 0 Å². The zero-order chi connectivity index (χ0) is 18.4. The van der Waals surface area contributed by atoms with Crippen LogP contribution in [0.2, 0.25) is 5.02 Å². The van der Waals surface area contributed by atoms with Gasteiger partial charge in [-0.25, -0.2) is 0 Å². The van der Waals surface area contributed by atoms with Gasteiger partial charge in [0.25, 0.3) is 0 Å². The SMILES string of the molecule is OCCOc1cccc(CN2CC[C@@H](Oc3ccc(Cl)cc3)[C@H](O)C2)c1. The molecule has 26 heavy (non-hydrogen) atoms. The Balaban J connectivity index is 1.52. The fourth-order valence-corrected chi connectivity index (χ4v) is 3.23. The molecule has 0 radical (unpaired) electrons. The Bertz CT molecular complexity index is 694. The molecule has 2 aromatic rings. The van der Waals surface area contributed by atoms with E-state index in [-0.39, 0.29) is 19.3 Å². The zero-order valence-corrected chi connectivity index (χ0v) is 15.3. The molecule has 1 saturated heterocycles. The van der Waals surface area contributed by atoms with Gasteiger partial charge in [0.15, 0.2) is 0 Å². The highest BCUT2D eigenvalue weighted by molar-refractivity contribution is 6.30. The quantitative estimate of drug-likeness (QED) is 0.776. The maximum absolute atomic E-state index is 10.5. The summed E-state index contributed by atoms with van der Waals surface area (Å²) in [4.78, 5) is 2.21. The summed E-state index contributed by atoms with van der Waals surface area (Å²) >= 11 is 5.89. The average Bonchev–Trinajstić information content (AvgIpc) is 2.64. The van der Waals surface area contributed by atoms with Gasteiger partial charge in [0.05, 0.1) is 6.61 Å². The lowest BCUT2D eigenvalue weighted by molar-refractivity contribution is -0.0275. The number of nitrogens with zero attached hydrogens (tertiary/aromatic N) is 1. The molecule has 1 aliphatic heterocycles. The summed E-state index contributed by atoms with van der Waals surface area (Å²) < 4.78 is 11.4. The van der Waals surface area contributed by atoms with Crippen molar-refractivity contribution in [2.75, 3.05) is 26.3 Å². The Morgan fingerprint density at radius 2 is 1.92 bits per heavy atom. The first-order valence-corrected chi connectivity index (χ1v) is 9.17. The molecule has 140 valence electrons. The molecule has 3 rings (SSSR count). The molecule has 0 bridgehead atoms. The lowest BCUT2D eigenvalue weighted by Crippen LogP contribution is -2.48. The Morgan fingerprint density at radius 1 is 1.12 bits per heavy atom. The number of hydrogen-bond acceptors (Lipinski definition) is 5. The molecule has 0 spiro atoms. The maximum Gasteiger partial charge on any atom is 0.127 e. The van der Waals surface area contributed by atoms with E-state index >= 15 is 0 Å². The van der Waals surface area contributed by atoms with Gasteiger partial charge in [-0.3, -0.25) is 4.90 Å². The highest BCUT2D eigenvalue weighted by Crippen LogP contribution is 2.23. The molecule has 1 heterocycles. The van der Waals surface area contributed by atoms with Crippen molar-refractivity contribution in [2.45, 2.75) is 25.2 Å². The number of ether oxygens (including phenoxy) is 2. The standard InChI is InChI=1S/C20H24ClNO4/c21-16-4-6-17(7-5-16)26-20-8-9-22(14-19(20)24)13-15-2-1-3-18(12-15)25-11-10-23/h1-7,12,19-20,23-24H,8-11,13-14H2/t19-,20-/m1/s1. The molecule has 1 fully saturated rings. The van der Waals surface area contributed by atoms with Crippen molar-refractivity contribution in [3.05, 3.63) is 59.1 Å². The third-order valence-electron chi connectivity index (χ3n) is 4.37. The van der Waals surface area contributed by atoms with Crippen molar-refractivity contribution in [1.82, 2.24) is 4.90 Å². The molecule has 5 nitrogen and oxygen atoms in total. The minimum absolute atomic E-state index is 0.00243. The van der Waals surface area contributed by atoms with E-state index in [0.29, 0.717) is 11.6 Å². The zero-order valence-electron chi connectivity index (χ0n) is 14.6. The molecule has 2 atom stereocenters. The molecule has 2 N–H and O–H groups in total. The lowest BCUT2D eigenvalue weighted by atomic mass is 10.0. The summed E-state index contributed by atoms with van der Waals surface area (Å²) in [5.41, 5.74) is 1.12. The van der Waals surface area contributed by atoms with E-state index in [2.05, 4.69) is 4.90 Å². The van der Waals surface area contributed by atoms with Gasteiger partial charge in [-0.1, -0.05) is 23.7 Å². The van der Waals surface area contributed by atoms with Crippen LogP contribution in [0.5, 0.6) is 11.5 Å². The first-order chi connectivity index (χ1) is 12.6. The summed E-state index contributed by atoms with van der Waals surface area (Å²) in [7, 11) is 0. The number of halogens is 1. The summed E-state index contributed by atoms with van der Waals surface area (Å²) in [5, 5.41) is 20.0. The number of likely N-dealkylation sites (tertiary alicyclic amines) is 1. The van der Waals surface area contributed by atoms with E-state index in [0.717, 1.165) is 36.6 Å². The molecule has 0 aliphatic carbocycles. The molecule has 0 saturated carbocycles. The minimum atomic E-state index is -0.548. The number of benzene rings is 2. The predicted molar refractivity (Wildman–Crippen MR) is 101 cm³/mol. The van der Waals surface area contributed by atoms with E-state index in [1.165, 1.54) is 0 Å². The second-order valence-corrected chi connectivity index (χ2v) is 6.86. The van der Waals surface area contributed by atoms with Gasteiger partial charge in [-0.15, -0.1) is 0 Å². The van der Waals surface area contributed by atoms with Crippen LogP contribution < -0.4 is 9.47 Å². The van der Waals surface area contributed by atoms with Crippen LogP contribution in [0.15, 0.2) is 48.5 Å². The van der Waals surface area contributed by atoms with Gasteiger partial charge in [0, 0.05) is 24.7 Å². The molecule has 0 unspecified atom stereocenters. The number of rotatable bonds is 7. The van der Waals surface area contributed by atoms with Crippen LogP contribution in [0, 0.1) is 0 Å². The topological polar surface area (TPSA) is 62.2 Å². The van der Waals surface area contributed by atoms with Crippen LogP contribution >= 0.6 is 11.6 Å². The molecular weight excluding hydrogens is 354 g/mol. The third kappa shape index (κ3) is 5.35. The molecule has 6 heteroatoms. The Hall–Kier alpha value is -1.79. The Morgan fingerprint density at radius 3 is 2.65 bits per heavy atom. The highest BCUT2D eigenvalue weighted by Gasteiger charge is 2.29. The summed E-state index contributed by atoms with van der Waals surface area (Å²) in [6.07, 6.45) is -0.00952. The second kappa shape index (κ2) is 9.24. The molecule has 0 aromatic heterocycles. The Labute approximate surface area is 158 Å². The van der Waals surface area contributed by atoms with Crippen LogP contribution in [0.3, 0.4) is 0 Å². The molecule has 2 aromatic carbocycles. The van der Waals surface area contributed by atoms with Crippen molar-refractivity contribution in [3.63, 3.8) is 0 Å². The highest BCUT2D eigenvalue weighted by atomic mass is 35.5. The van der Waals surface area contributed by atoms with E-state index in [1.54, 1.807) is 12.1 Å². The number of β-amino-alcohol motifs (C(OH)–C–C–N with tert-alkyl or cyclic N) is 1. The number of aliphatic hydroxyl groups is 2. The van der Waals surface area contributed by atoms with Crippen LogP contribution in [0.4, 0.5) is 0 Å². The third-order valence-corrected chi connectivity index (χ3v) is 4.62. The van der Waals surface area contributed by atoms with Crippen molar-refractivity contribution < 1.29 is 19.7 Å². The molecular formula is C20H24ClNO4. The van der Waals surface area contributed by atoms with Gasteiger partial charge >= 0.3 is 0 Å². The van der Waals surface area contributed by atoms with Gasteiger partial charge in [-0.2, -0.15) is 0 Å². The number of aliphatic hydroxyl groups excluding tert-OH is 2. The summed E-state index contributed by atoms with van der Waals surface area (Å²) in [6.45, 7) is 2.42. The van der Waals surface area contributed by atoms with Gasteiger partial charge < -0.3 is 19.7 Å². The monoisotopic (exact) mass is 377 g/mol. The summed E-state index contributed by atoms with van der Waals surface area (Å²) in [6, 6.07) is 15.0. The largest absolute Gasteiger partial charge is 0.491 e. The first kappa shape index (κ1) is 19.0. The van der Waals surface area contributed by atoms with Crippen LogP contribution in [0.25, 0.3) is 0 Å². The van der Waals surface area contributed by atoms with Crippen LogP contribution in [-0.4, -0.2) is 53.6 Å². The summed E-state index contributed by atoms with van der Waals surface area (Å²) in [5.74, 6) is 1.47. The van der Waals surface area contributed by atoms with Gasteiger partial charge in [0.2, 0.25) is 0 Å². The second-order valence-electron chi connectivity index (χ2n) is 6.42. The van der Waals surface area contributed by atoms with Crippen molar-refractivity contribution in [1.29, 1.82) is 0 Å². The Kier molecular flexibility index (Phi) is 6.74. The first-order valence-electron chi connectivity index (χ1n) is 8.79. The minimum Gasteiger partial charge on any atom is -0.491 e. The van der Waals surface area contributed by atoms with Gasteiger partial charge in [0.1, 0.15) is 30.3 Å². The smallest absolute Gasteiger partial charge is 0.127 e. The maximum atomic E-state index is 10.5. The van der Waals surface area contributed by atoms with E-state index in [1.807, 2.05) is 36.4 Å². The number of hydrogen-bond donors (Lipinski definition) is 2. The van der Waals surface area contributed by atoms with Crippen molar-refractivity contribution >= 4 is 11.6 Å².